The summed E-state index contributed by atoms with van der Waals surface area (Å²) in [6, 6.07) is 10.7. The molecule has 0 heterocycles. The molecule has 1 amide bonds. The molecule has 1 N–H and O–H groups in total. The number of rotatable bonds is 11. The predicted molar refractivity (Wildman–Crippen MR) is 115 cm³/mol. The molecule has 29 heavy (non-hydrogen) atoms. The number of carbonyl (C=O) groups is 1. The maximum atomic E-state index is 12.2. The fourth-order valence-corrected chi connectivity index (χ4v) is 2.71. The maximum absolute atomic E-state index is 12.2. The monoisotopic (exact) mass is 418 g/mol. The van der Waals surface area contributed by atoms with Crippen molar-refractivity contribution < 1.29 is 19.0 Å². The van der Waals surface area contributed by atoms with Crippen molar-refractivity contribution in [1.29, 1.82) is 0 Å². The molecule has 0 saturated carbocycles. The van der Waals surface area contributed by atoms with Gasteiger partial charge in [-0.25, -0.2) is 5.43 Å². The van der Waals surface area contributed by atoms with E-state index in [0.29, 0.717) is 41.0 Å². The van der Waals surface area contributed by atoms with Gasteiger partial charge in [0.25, 0.3) is 0 Å². The molecule has 0 spiro atoms. The first-order valence-electron chi connectivity index (χ1n) is 9.61. The zero-order valence-corrected chi connectivity index (χ0v) is 17.8. The number of hydrogen-bond donors (Lipinski definition) is 1. The van der Waals surface area contributed by atoms with Gasteiger partial charge in [0, 0.05) is 5.02 Å². The van der Waals surface area contributed by atoms with E-state index in [4.69, 9.17) is 25.8 Å². The summed E-state index contributed by atoms with van der Waals surface area (Å²) in [6.07, 6.45) is 3.71. The molecule has 0 bridgehead atoms. The van der Waals surface area contributed by atoms with E-state index in [1.807, 2.05) is 25.1 Å². The lowest BCUT2D eigenvalue weighted by atomic mass is 10.1. The highest BCUT2D eigenvalue weighted by Crippen LogP contribution is 2.28. The molecule has 2 rings (SSSR count). The summed E-state index contributed by atoms with van der Waals surface area (Å²) in [5, 5.41) is 4.53. The van der Waals surface area contributed by atoms with Crippen LogP contribution in [0.3, 0.4) is 0 Å². The highest BCUT2D eigenvalue weighted by Gasteiger charge is 2.09. The molecule has 0 aromatic heterocycles. The second-order valence-electron chi connectivity index (χ2n) is 6.27. The number of hydrogen-bond acceptors (Lipinski definition) is 5. The molecule has 2 aromatic carbocycles. The Kier molecular flexibility index (Phi) is 9.31. The van der Waals surface area contributed by atoms with Crippen LogP contribution in [0, 0.1) is 0 Å². The van der Waals surface area contributed by atoms with Crippen molar-refractivity contribution in [2.45, 2.75) is 33.1 Å². The highest BCUT2D eigenvalue weighted by molar-refractivity contribution is 6.31. The molecule has 0 saturated heterocycles. The number of halogens is 1. The number of carbonyl (C=O) groups excluding carboxylic acids is 1. The van der Waals surface area contributed by atoms with Crippen molar-refractivity contribution in [1.82, 2.24) is 5.43 Å². The molecule has 0 aliphatic heterocycles. The summed E-state index contributed by atoms with van der Waals surface area (Å²) in [7, 11) is 1.56. The van der Waals surface area contributed by atoms with E-state index in [-0.39, 0.29) is 12.3 Å². The average molecular weight is 419 g/mol. The number of nitrogens with one attached hydrogen (secondary N) is 1. The number of unbranched alkanes of at least 4 members (excludes halogenated alkanes) is 1. The van der Waals surface area contributed by atoms with Crippen LogP contribution in [-0.2, 0) is 11.2 Å². The summed E-state index contributed by atoms with van der Waals surface area (Å²) in [5.41, 5.74) is 3.97. The minimum absolute atomic E-state index is 0.0990. The number of benzene rings is 2. The number of methoxy groups -OCH3 is 1. The van der Waals surface area contributed by atoms with E-state index in [2.05, 4.69) is 17.5 Å². The van der Waals surface area contributed by atoms with Crippen LogP contribution in [0.1, 0.15) is 37.8 Å². The van der Waals surface area contributed by atoms with Crippen LogP contribution < -0.4 is 19.6 Å². The van der Waals surface area contributed by atoms with Crippen molar-refractivity contribution in [3.8, 4) is 17.2 Å². The molecular formula is C22H27ClN2O4. The van der Waals surface area contributed by atoms with E-state index in [9.17, 15) is 4.79 Å². The Morgan fingerprint density at radius 3 is 2.69 bits per heavy atom. The highest BCUT2D eigenvalue weighted by atomic mass is 35.5. The molecule has 0 radical (unpaired) electrons. The smallest absolute Gasteiger partial charge is 0.244 e. The van der Waals surface area contributed by atoms with Crippen molar-refractivity contribution in [2.75, 3.05) is 20.3 Å². The molecule has 156 valence electrons. The van der Waals surface area contributed by atoms with Crippen molar-refractivity contribution in [2.24, 2.45) is 5.10 Å². The van der Waals surface area contributed by atoms with Gasteiger partial charge in [0.1, 0.15) is 5.75 Å². The Balaban J connectivity index is 1.98. The molecule has 0 atom stereocenters. The van der Waals surface area contributed by atoms with Crippen LogP contribution in [0.2, 0.25) is 5.02 Å². The molecule has 0 unspecified atom stereocenters. The molecule has 7 heteroatoms. The Morgan fingerprint density at radius 2 is 1.97 bits per heavy atom. The van der Waals surface area contributed by atoms with Gasteiger partial charge in [-0.1, -0.05) is 24.9 Å². The van der Waals surface area contributed by atoms with Crippen LogP contribution in [0.25, 0.3) is 0 Å². The van der Waals surface area contributed by atoms with Crippen molar-refractivity contribution >= 4 is 23.7 Å². The Bertz CT molecular complexity index is 840. The third-order valence-corrected chi connectivity index (χ3v) is 4.40. The molecule has 2 aromatic rings. The number of nitrogens with zero attached hydrogens (tertiary/aromatic N) is 1. The van der Waals surface area contributed by atoms with Crippen LogP contribution in [0.15, 0.2) is 41.5 Å². The van der Waals surface area contributed by atoms with Crippen LogP contribution in [0.4, 0.5) is 0 Å². The third-order valence-electron chi connectivity index (χ3n) is 4.03. The number of ether oxygens (including phenoxy) is 3. The van der Waals surface area contributed by atoms with E-state index >= 15 is 0 Å². The second-order valence-corrected chi connectivity index (χ2v) is 6.68. The van der Waals surface area contributed by atoms with E-state index in [0.717, 1.165) is 18.4 Å². The number of hydrazone groups is 1. The first-order valence-corrected chi connectivity index (χ1v) is 9.99. The summed E-state index contributed by atoms with van der Waals surface area (Å²) in [4.78, 5) is 12.2. The second kappa shape index (κ2) is 12.0. The molecule has 6 nitrogen and oxygen atoms in total. The van der Waals surface area contributed by atoms with Gasteiger partial charge < -0.3 is 14.2 Å². The molecule has 0 fully saturated rings. The largest absolute Gasteiger partial charge is 0.497 e. The van der Waals surface area contributed by atoms with Crippen LogP contribution >= 0.6 is 11.6 Å². The lowest BCUT2D eigenvalue weighted by Gasteiger charge is -2.12. The van der Waals surface area contributed by atoms with Gasteiger partial charge in [-0.3, -0.25) is 4.79 Å². The predicted octanol–water partition coefficient (Wildman–Crippen LogP) is 4.62. The van der Waals surface area contributed by atoms with Gasteiger partial charge in [-0.05, 0) is 60.9 Å². The third kappa shape index (κ3) is 7.31. The van der Waals surface area contributed by atoms with Crippen LogP contribution in [0.5, 0.6) is 17.2 Å². The van der Waals surface area contributed by atoms with Crippen LogP contribution in [-0.4, -0.2) is 32.4 Å². The summed E-state index contributed by atoms with van der Waals surface area (Å²) in [5.74, 6) is 1.72. The van der Waals surface area contributed by atoms with E-state index in [1.54, 1.807) is 31.5 Å². The lowest BCUT2D eigenvalue weighted by molar-refractivity contribution is -0.120. The van der Waals surface area contributed by atoms with Gasteiger partial charge in [-0.2, -0.15) is 5.10 Å². The van der Waals surface area contributed by atoms with Crippen molar-refractivity contribution in [3.05, 3.63) is 52.5 Å². The van der Waals surface area contributed by atoms with Gasteiger partial charge in [-0.15, -0.1) is 0 Å². The van der Waals surface area contributed by atoms with Gasteiger partial charge >= 0.3 is 0 Å². The Morgan fingerprint density at radius 1 is 1.14 bits per heavy atom. The van der Waals surface area contributed by atoms with E-state index in [1.165, 1.54) is 0 Å². The Labute approximate surface area is 176 Å². The quantitative estimate of drug-likeness (QED) is 0.328. The lowest BCUT2D eigenvalue weighted by Crippen LogP contribution is -2.20. The topological polar surface area (TPSA) is 69.2 Å². The zero-order chi connectivity index (χ0) is 21.1. The standard InChI is InChI=1S/C22H27ClN2O4/c1-4-6-11-29-20-10-7-16(12-21(20)28-5-2)15-24-25-22(26)14-17-13-18(27-3)8-9-19(17)23/h7-10,12-13,15H,4-6,11,14H2,1-3H3,(H,25,26)/b24-15+. The zero-order valence-electron chi connectivity index (χ0n) is 17.0. The fraction of sp³-hybridized carbons (Fsp3) is 0.364. The van der Waals surface area contributed by atoms with E-state index < -0.39 is 0 Å². The average Bonchev–Trinajstić information content (AvgIpc) is 2.71. The normalized spacial score (nSPS) is 10.8. The SMILES string of the molecule is CCCCOc1ccc(/C=N/NC(=O)Cc2cc(OC)ccc2Cl)cc1OCC. The Hall–Kier alpha value is -2.73. The minimum atomic E-state index is -0.277. The molecular weight excluding hydrogens is 392 g/mol. The van der Waals surface area contributed by atoms with Gasteiger partial charge in [0.15, 0.2) is 11.5 Å². The summed E-state index contributed by atoms with van der Waals surface area (Å²) in [6.45, 7) is 5.21. The van der Waals surface area contributed by atoms with Gasteiger partial charge in [0.05, 0.1) is 33.0 Å². The maximum Gasteiger partial charge on any atom is 0.244 e. The first kappa shape index (κ1) is 22.6. The summed E-state index contributed by atoms with van der Waals surface area (Å²) >= 11 is 6.13. The minimum Gasteiger partial charge on any atom is -0.497 e. The molecule has 0 aliphatic carbocycles. The summed E-state index contributed by atoms with van der Waals surface area (Å²) < 4.78 is 16.6. The fourth-order valence-electron chi connectivity index (χ4n) is 2.52. The molecule has 0 aliphatic rings. The number of amides is 1. The van der Waals surface area contributed by atoms with Gasteiger partial charge in [0.2, 0.25) is 5.91 Å². The van der Waals surface area contributed by atoms with Crippen molar-refractivity contribution in [3.63, 3.8) is 0 Å². The first-order chi connectivity index (χ1) is 14.1.